The number of amides is 1. The third kappa shape index (κ3) is 4.44. The quantitative estimate of drug-likeness (QED) is 0.395. The molecular formula is C22H20ClN3O2S. The Kier molecular flexibility index (Phi) is 5.83. The average Bonchev–Trinajstić information content (AvgIpc) is 3.33. The average molecular weight is 426 g/mol. The Bertz CT molecular complexity index is 1130. The maximum Gasteiger partial charge on any atom is 0.268 e. The molecule has 2 heterocycles. The summed E-state index contributed by atoms with van der Waals surface area (Å²) in [4.78, 5) is 18.0. The van der Waals surface area contributed by atoms with E-state index in [4.69, 9.17) is 16.3 Å². The van der Waals surface area contributed by atoms with Gasteiger partial charge >= 0.3 is 0 Å². The number of carbonyl (C=O) groups excluding carboxylic acids is 1. The maximum absolute atomic E-state index is 12.8. The smallest absolute Gasteiger partial charge is 0.268 e. The molecular weight excluding hydrogens is 406 g/mol. The van der Waals surface area contributed by atoms with Gasteiger partial charge < -0.3 is 9.30 Å². The highest BCUT2D eigenvalue weighted by Gasteiger charge is 2.15. The second kappa shape index (κ2) is 8.68. The highest BCUT2D eigenvalue weighted by Crippen LogP contribution is 2.23. The summed E-state index contributed by atoms with van der Waals surface area (Å²) in [5.41, 5.74) is 2.84. The van der Waals surface area contributed by atoms with Crippen molar-refractivity contribution in [2.75, 3.05) is 5.32 Å². The summed E-state index contributed by atoms with van der Waals surface area (Å²) in [6.45, 7) is 3.28. The number of ether oxygens (including phenoxy) is 1. The number of benzene rings is 2. The third-order valence-corrected chi connectivity index (χ3v) is 5.65. The minimum atomic E-state index is -0.166. The molecule has 4 rings (SSSR count). The number of hydrogen-bond donors (Lipinski definition) is 1. The number of anilines is 1. The first-order chi connectivity index (χ1) is 14.1. The zero-order valence-corrected chi connectivity index (χ0v) is 17.5. The fraction of sp³-hybridized carbons (Fsp3) is 0.182. The number of nitrogens with one attached hydrogen (secondary N) is 1. The van der Waals surface area contributed by atoms with Gasteiger partial charge in [0, 0.05) is 17.1 Å². The molecule has 0 fully saturated rings. The lowest BCUT2D eigenvalue weighted by Crippen LogP contribution is -2.15. The molecule has 0 radical (unpaired) electrons. The Labute approximate surface area is 177 Å². The largest absolute Gasteiger partial charge is 0.489 e. The number of aromatic nitrogens is 2. The van der Waals surface area contributed by atoms with Crippen LogP contribution in [0.25, 0.3) is 11.0 Å². The molecule has 0 bridgehead atoms. The van der Waals surface area contributed by atoms with Gasteiger partial charge in [-0.25, -0.2) is 4.98 Å². The molecule has 7 heteroatoms. The van der Waals surface area contributed by atoms with E-state index < -0.39 is 0 Å². The summed E-state index contributed by atoms with van der Waals surface area (Å²) < 4.78 is 7.80. The molecule has 0 saturated carbocycles. The van der Waals surface area contributed by atoms with Crippen molar-refractivity contribution in [3.63, 3.8) is 0 Å². The van der Waals surface area contributed by atoms with Crippen LogP contribution in [0.2, 0.25) is 5.02 Å². The van der Waals surface area contributed by atoms with E-state index in [0.717, 1.165) is 35.3 Å². The molecule has 0 atom stereocenters. The van der Waals surface area contributed by atoms with E-state index in [9.17, 15) is 4.79 Å². The molecule has 2 aromatic carbocycles. The number of imidazole rings is 1. The lowest BCUT2D eigenvalue weighted by Gasteiger charge is -2.08. The number of nitrogens with zero attached hydrogens (tertiary/aromatic N) is 2. The monoisotopic (exact) mass is 425 g/mol. The first kappa shape index (κ1) is 19.5. The van der Waals surface area contributed by atoms with Gasteiger partial charge in [-0.1, -0.05) is 30.7 Å². The van der Waals surface area contributed by atoms with Crippen LogP contribution in [0.4, 0.5) is 5.95 Å². The van der Waals surface area contributed by atoms with E-state index in [1.165, 1.54) is 11.3 Å². The van der Waals surface area contributed by atoms with Crippen LogP contribution in [-0.2, 0) is 13.2 Å². The molecule has 0 unspecified atom stereocenters. The highest BCUT2D eigenvalue weighted by molar-refractivity contribution is 7.12. The second-order valence-corrected chi connectivity index (χ2v) is 7.94. The molecule has 5 nitrogen and oxygen atoms in total. The van der Waals surface area contributed by atoms with Crippen LogP contribution in [0, 0.1) is 0 Å². The topological polar surface area (TPSA) is 56.2 Å². The lowest BCUT2D eigenvalue weighted by atomic mass is 10.3. The number of halogens is 1. The lowest BCUT2D eigenvalue weighted by molar-refractivity contribution is 0.102. The number of hydrogen-bond acceptors (Lipinski definition) is 4. The summed E-state index contributed by atoms with van der Waals surface area (Å²) in [5, 5.41) is 5.56. The van der Waals surface area contributed by atoms with Crippen LogP contribution in [0.3, 0.4) is 0 Å². The normalized spacial score (nSPS) is 11.0. The fourth-order valence-corrected chi connectivity index (χ4v) is 3.97. The predicted octanol–water partition coefficient (Wildman–Crippen LogP) is 5.99. The third-order valence-electron chi connectivity index (χ3n) is 4.42. The number of carbonyl (C=O) groups is 1. The van der Waals surface area contributed by atoms with Crippen molar-refractivity contribution in [2.24, 2.45) is 0 Å². The van der Waals surface area contributed by atoms with E-state index in [-0.39, 0.29) is 5.91 Å². The summed E-state index contributed by atoms with van der Waals surface area (Å²) in [7, 11) is 0. The van der Waals surface area contributed by atoms with Gasteiger partial charge in [0.15, 0.2) is 0 Å². The summed E-state index contributed by atoms with van der Waals surface area (Å²) in [6, 6.07) is 17.0. The Morgan fingerprint density at radius 3 is 2.79 bits per heavy atom. The number of para-hydroxylation sites is 2. The first-order valence-electron chi connectivity index (χ1n) is 9.36. The molecule has 0 aliphatic carbocycles. The zero-order chi connectivity index (χ0) is 20.2. The number of aryl methyl sites for hydroxylation is 1. The molecule has 2 aromatic heterocycles. The van der Waals surface area contributed by atoms with E-state index in [2.05, 4.69) is 17.2 Å². The van der Waals surface area contributed by atoms with Gasteiger partial charge in [0.05, 0.1) is 15.9 Å². The van der Waals surface area contributed by atoms with Crippen molar-refractivity contribution < 1.29 is 9.53 Å². The van der Waals surface area contributed by atoms with Crippen LogP contribution < -0.4 is 10.1 Å². The van der Waals surface area contributed by atoms with E-state index in [1.54, 1.807) is 12.1 Å². The van der Waals surface area contributed by atoms with Crippen LogP contribution in [0.1, 0.15) is 28.6 Å². The van der Waals surface area contributed by atoms with Crippen molar-refractivity contribution >= 4 is 45.8 Å². The standard InChI is InChI=1S/C22H20ClN3O2S/c1-2-11-26-19-6-4-3-5-18(19)24-22(26)25-21(27)20-12-15(14-29-20)13-28-17-9-7-16(23)8-10-17/h3-10,12,14H,2,11,13H2,1H3,(H,24,25,27). The minimum absolute atomic E-state index is 0.166. The van der Waals surface area contributed by atoms with Gasteiger partial charge in [-0.15, -0.1) is 11.3 Å². The van der Waals surface area contributed by atoms with Crippen LogP contribution in [0.5, 0.6) is 5.75 Å². The zero-order valence-electron chi connectivity index (χ0n) is 15.9. The van der Waals surface area contributed by atoms with E-state index in [0.29, 0.717) is 22.5 Å². The molecule has 0 saturated heterocycles. The molecule has 0 aliphatic heterocycles. The molecule has 29 heavy (non-hydrogen) atoms. The maximum atomic E-state index is 12.8. The minimum Gasteiger partial charge on any atom is -0.489 e. The SMILES string of the molecule is CCCn1c(NC(=O)c2cc(COc3ccc(Cl)cc3)cs2)nc2ccccc21. The summed E-state index contributed by atoms with van der Waals surface area (Å²) >= 11 is 7.28. The van der Waals surface area contributed by atoms with Crippen LogP contribution in [0.15, 0.2) is 60.0 Å². The van der Waals surface area contributed by atoms with Crippen molar-refractivity contribution in [2.45, 2.75) is 26.5 Å². The molecule has 0 spiro atoms. The van der Waals surface area contributed by atoms with Gasteiger partial charge in [0.2, 0.25) is 5.95 Å². The van der Waals surface area contributed by atoms with Crippen LogP contribution in [-0.4, -0.2) is 15.5 Å². The number of fused-ring (bicyclic) bond motifs is 1. The first-order valence-corrected chi connectivity index (χ1v) is 10.6. The van der Waals surface area contributed by atoms with Gasteiger partial charge in [-0.2, -0.15) is 0 Å². The highest BCUT2D eigenvalue weighted by atomic mass is 35.5. The van der Waals surface area contributed by atoms with Gasteiger partial charge in [0.1, 0.15) is 12.4 Å². The van der Waals surface area contributed by atoms with E-state index in [1.807, 2.05) is 52.4 Å². The van der Waals surface area contributed by atoms with Gasteiger partial charge in [-0.3, -0.25) is 10.1 Å². The summed E-state index contributed by atoms with van der Waals surface area (Å²) in [6.07, 6.45) is 0.953. The summed E-state index contributed by atoms with van der Waals surface area (Å²) in [5.74, 6) is 1.14. The van der Waals surface area contributed by atoms with Crippen molar-refractivity contribution in [1.82, 2.24) is 9.55 Å². The van der Waals surface area contributed by atoms with E-state index >= 15 is 0 Å². The van der Waals surface area contributed by atoms with Crippen molar-refractivity contribution in [1.29, 1.82) is 0 Å². The molecule has 1 N–H and O–H groups in total. The Morgan fingerprint density at radius 1 is 1.21 bits per heavy atom. The Balaban J connectivity index is 1.46. The van der Waals surface area contributed by atoms with Crippen molar-refractivity contribution in [3.8, 4) is 5.75 Å². The Morgan fingerprint density at radius 2 is 2.00 bits per heavy atom. The van der Waals surface area contributed by atoms with Gasteiger partial charge in [-0.05, 0) is 54.3 Å². The second-order valence-electron chi connectivity index (χ2n) is 6.59. The predicted molar refractivity (Wildman–Crippen MR) is 118 cm³/mol. The molecule has 1 amide bonds. The molecule has 148 valence electrons. The van der Waals surface area contributed by atoms with Crippen LogP contribution >= 0.6 is 22.9 Å². The van der Waals surface area contributed by atoms with Crippen molar-refractivity contribution in [3.05, 3.63) is 75.4 Å². The number of rotatable bonds is 7. The number of thiophene rings is 1. The Hall–Kier alpha value is -2.83. The fourth-order valence-electron chi connectivity index (χ4n) is 3.05. The molecule has 4 aromatic rings. The van der Waals surface area contributed by atoms with Gasteiger partial charge in [0.25, 0.3) is 5.91 Å². The molecule has 0 aliphatic rings.